The van der Waals surface area contributed by atoms with Gasteiger partial charge in [0.05, 0.1) is 4.92 Å². The van der Waals surface area contributed by atoms with Crippen molar-refractivity contribution in [3.63, 3.8) is 0 Å². The van der Waals surface area contributed by atoms with E-state index in [2.05, 4.69) is 21.3 Å². The van der Waals surface area contributed by atoms with Gasteiger partial charge in [-0.3, -0.25) is 38.9 Å². The summed E-state index contributed by atoms with van der Waals surface area (Å²) in [5.74, 6) is -3.43. The highest BCUT2D eigenvalue weighted by Crippen LogP contribution is 2.23. The number of hydrogen-bond donors (Lipinski definition) is 4. The molecule has 50 heavy (non-hydrogen) atoms. The number of carbonyl (C=O) groups is 6. The Morgan fingerprint density at radius 1 is 0.880 bits per heavy atom. The van der Waals surface area contributed by atoms with Gasteiger partial charge < -0.3 is 26.2 Å². The number of hydrogen-bond acceptors (Lipinski definition) is 8. The summed E-state index contributed by atoms with van der Waals surface area (Å²) >= 11 is 0. The second-order valence-corrected chi connectivity index (χ2v) is 12.5. The van der Waals surface area contributed by atoms with Crippen LogP contribution in [0.2, 0.25) is 0 Å². The van der Waals surface area contributed by atoms with Gasteiger partial charge in [0.2, 0.25) is 23.6 Å². The lowest BCUT2D eigenvalue weighted by atomic mass is 9.87. The topological polar surface area (TPSA) is 197 Å². The Morgan fingerprint density at radius 3 is 2.08 bits per heavy atom. The smallest absolute Gasteiger partial charge is 0.269 e. The van der Waals surface area contributed by atoms with Gasteiger partial charge in [0.15, 0.2) is 11.3 Å². The minimum absolute atomic E-state index is 0.0319. The van der Waals surface area contributed by atoms with Crippen LogP contribution in [0.5, 0.6) is 0 Å². The highest BCUT2D eigenvalue weighted by atomic mass is 16.6. The number of benzene rings is 3. The van der Waals surface area contributed by atoms with Crippen molar-refractivity contribution in [1.29, 1.82) is 0 Å². The number of anilines is 1. The van der Waals surface area contributed by atoms with Crippen LogP contribution in [0.3, 0.4) is 0 Å². The Kier molecular flexibility index (Phi) is 11.0. The zero-order chi connectivity index (χ0) is 35.8. The summed E-state index contributed by atoms with van der Waals surface area (Å²) in [5.41, 5.74) is -0.213. The summed E-state index contributed by atoms with van der Waals surface area (Å²) in [5, 5.41) is 21.7. The minimum Gasteiger partial charge on any atom is -0.342 e. The van der Waals surface area contributed by atoms with Crippen molar-refractivity contribution in [3.05, 3.63) is 106 Å². The molecule has 4 atom stereocenters. The van der Waals surface area contributed by atoms with Gasteiger partial charge in [-0.25, -0.2) is 0 Å². The van der Waals surface area contributed by atoms with Crippen LogP contribution in [0, 0.1) is 10.1 Å². The maximum Gasteiger partial charge on any atom is 0.269 e. The van der Waals surface area contributed by atoms with E-state index in [9.17, 15) is 38.9 Å². The SMILES string of the molecule is C[C@@]1(C(=O)N[C@@H](Cc2ccccc2)C(=O)N2CCC[C@H]2C(=O)N[C@@H](Cc2ccccc2)C(=O)Nc2ccc([N+](=O)[O-])cc2)NC(=O)CCC1=O. The molecule has 3 aromatic rings. The molecule has 14 nitrogen and oxygen atoms in total. The minimum atomic E-state index is -1.85. The Bertz CT molecular complexity index is 1770. The molecule has 14 heteroatoms. The highest BCUT2D eigenvalue weighted by molar-refractivity contribution is 6.15. The van der Waals surface area contributed by atoms with E-state index in [4.69, 9.17) is 0 Å². The van der Waals surface area contributed by atoms with Crippen molar-refractivity contribution >= 4 is 46.7 Å². The van der Waals surface area contributed by atoms with Gasteiger partial charge in [-0.2, -0.15) is 0 Å². The van der Waals surface area contributed by atoms with Crippen molar-refractivity contribution in [2.75, 3.05) is 11.9 Å². The van der Waals surface area contributed by atoms with Crippen LogP contribution in [0.15, 0.2) is 84.9 Å². The van der Waals surface area contributed by atoms with Crippen LogP contribution in [-0.4, -0.2) is 75.4 Å². The predicted octanol–water partition coefficient (Wildman–Crippen LogP) is 2.22. The molecule has 260 valence electrons. The van der Waals surface area contributed by atoms with E-state index in [-0.39, 0.29) is 37.9 Å². The number of nitrogens with zero attached hydrogens (tertiary/aromatic N) is 2. The van der Waals surface area contributed by atoms with Crippen LogP contribution in [-0.2, 0) is 41.6 Å². The molecule has 2 fully saturated rings. The number of piperidine rings is 1. The standard InChI is InChI=1S/C36H38N6O8/c1-36(30(43)18-19-31(44)40-36)35(48)39-28(22-24-11-6-3-7-12-24)34(47)41-20-8-13-29(41)33(46)38-27(21-23-9-4-2-5-10-23)32(45)37-25-14-16-26(17-15-25)42(49)50/h2-7,9-12,14-17,27-29H,8,13,18-22H2,1H3,(H,37,45)(H,38,46)(H,39,48)(H,40,44)/t27-,28-,29-,36+/m0/s1. The molecular weight excluding hydrogens is 644 g/mol. The third kappa shape index (κ3) is 8.38. The second kappa shape index (κ2) is 15.5. The third-order valence-electron chi connectivity index (χ3n) is 8.97. The Morgan fingerprint density at radius 2 is 1.48 bits per heavy atom. The Hall–Kier alpha value is -5.92. The summed E-state index contributed by atoms with van der Waals surface area (Å²) < 4.78 is 0. The molecule has 0 radical (unpaired) electrons. The number of carbonyl (C=O) groups excluding carboxylic acids is 6. The van der Waals surface area contributed by atoms with E-state index in [1.807, 2.05) is 6.07 Å². The van der Waals surface area contributed by atoms with E-state index < -0.39 is 63.9 Å². The first-order valence-corrected chi connectivity index (χ1v) is 16.3. The first-order valence-electron chi connectivity index (χ1n) is 16.3. The van der Waals surface area contributed by atoms with E-state index in [0.29, 0.717) is 18.5 Å². The van der Waals surface area contributed by atoms with E-state index in [1.165, 1.54) is 36.1 Å². The lowest BCUT2D eigenvalue weighted by Crippen LogP contribution is -2.66. The molecule has 4 N–H and O–H groups in total. The second-order valence-electron chi connectivity index (χ2n) is 12.5. The molecular formula is C36H38N6O8. The van der Waals surface area contributed by atoms with Gasteiger partial charge in [0, 0.05) is 50.0 Å². The molecule has 0 aromatic heterocycles. The molecule has 2 saturated heterocycles. The number of ketones is 1. The number of Topliss-reactive ketones (excluding diaryl/α,β-unsaturated/α-hetero) is 1. The van der Waals surface area contributed by atoms with Crippen molar-refractivity contribution in [3.8, 4) is 0 Å². The van der Waals surface area contributed by atoms with E-state index in [1.54, 1.807) is 54.6 Å². The lowest BCUT2D eigenvalue weighted by Gasteiger charge is -2.34. The summed E-state index contributed by atoms with van der Waals surface area (Å²) in [6.45, 7) is 1.52. The van der Waals surface area contributed by atoms with Gasteiger partial charge in [0.1, 0.15) is 18.1 Å². The lowest BCUT2D eigenvalue weighted by molar-refractivity contribution is -0.384. The largest absolute Gasteiger partial charge is 0.342 e. The van der Waals surface area contributed by atoms with Crippen molar-refractivity contribution in [2.24, 2.45) is 0 Å². The van der Waals surface area contributed by atoms with Crippen LogP contribution < -0.4 is 21.3 Å². The monoisotopic (exact) mass is 682 g/mol. The Balaban J connectivity index is 1.35. The number of amides is 5. The van der Waals surface area contributed by atoms with E-state index >= 15 is 0 Å². The maximum atomic E-state index is 14.2. The number of nitro benzene ring substituents is 1. The van der Waals surface area contributed by atoms with Gasteiger partial charge in [-0.15, -0.1) is 0 Å². The van der Waals surface area contributed by atoms with Gasteiger partial charge in [-0.05, 0) is 43.0 Å². The van der Waals surface area contributed by atoms with E-state index in [0.717, 1.165) is 11.1 Å². The molecule has 0 spiro atoms. The van der Waals surface area contributed by atoms with Crippen molar-refractivity contribution in [1.82, 2.24) is 20.9 Å². The maximum absolute atomic E-state index is 14.2. The predicted molar refractivity (Wildman–Crippen MR) is 181 cm³/mol. The third-order valence-corrected chi connectivity index (χ3v) is 8.97. The zero-order valence-corrected chi connectivity index (χ0v) is 27.4. The van der Waals surface area contributed by atoms with Crippen LogP contribution in [0.1, 0.15) is 43.7 Å². The Labute approximate surface area is 288 Å². The molecule has 0 saturated carbocycles. The number of non-ortho nitro benzene ring substituents is 1. The number of rotatable bonds is 12. The van der Waals surface area contributed by atoms with Crippen LogP contribution in [0.4, 0.5) is 11.4 Å². The quantitative estimate of drug-likeness (QED) is 0.127. The average molecular weight is 683 g/mol. The molecule has 0 bridgehead atoms. The summed E-state index contributed by atoms with van der Waals surface area (Å²) in [6, 6.07) is 20.1. The van der Waals surface area contributed by atoms with Gasteiger partial charge in [0.25, 0.3) is 11.6 Å². The van der Waals surface area contributed by atoms with Crippen LogP contribution >= 0.6 is 0 Å². The molecule has 5 rings (SSSR count). The van der Waals surface area contributed by atoms with Crippen molar-refractivity contribution < 1.29 is 33.7 Å². The molecule has 2 heterocycles. The molecule has 0 unspecified atom stereocenters. The fraction of sp³-hybridized carbons (Fsp3) is 0.333. The molecule has 3 aromatic carbocycles. The highest BCUT2D eigenvalue weighted by Gasteiger charge is 2.47. The molecule has 2 aliphatic rings. The summed E-state index contributed by atoms with van der Waals surface area (Å²) in [6.07, 6.45) is 0.831. The molecule has 0 aliphatic carbocycles. The average Bonchev–Trinajstić information content (AvgIpc) is 3.60. The van der Waals surface area contributed by atoms with Gasteiger partial charge in [-0.1, -0.05) is 60.7 Å². The summed E-state index contributed by atoms with van der Waals surface area (Å²) in [7, 11) is 0. The normalized spacial score (nSPS) is 19.9. The first-order chi connectivity index (χ1) is 23.9. The van der Waals surface area contributed by atoms with Crippen LogP contribution in [0.25, 0.3) is 0 Å². The summed E-state index contributed by atoms with van der Waals surface area (Å²) in [4.78, 5) is 91.9. The number of nitrogens with one attached hydrogen (secondary N) is 4. The number of nitro groups is 1. The number of likely N-dealkylation sites (tertiary alicyclic amines) is 1. The van der Waals surface area contributed by atoms with Gasteiger partial charge >= 0.3 is 0 Å². The molecule has 2 aliphatic heterocycles. The first kappa shape index (κ1) is 35.4. The zero-order valence-electron chi connectivity index (χ0n) is 27.4. The fourth-order valence-corrected chi connectivity index (χ4v) is 6.15. The fourth-order valence-electron chi connectivity index (χ4n) is 6.15. The van der Waals surface area contributed by atoms with Crippen molar-refractivity contribution in [2.45, 2.75) is 69.1 Å². The molecule has 5 amide bonds.